The first-order valence-electron chi connectivity index (χ1n) is 8.18. The quantitative estimate of drug-likeness (QED) is 0.443. The Hall–Kier alpha value is -2.69. The standard InChI is InChI=1S/C20H23FN2O2/c1-5-23(4)13-22-18-11-10-17(15(3)19(18)21)20(24)25-12-16-8-6-14(2)7-9-16/h6-11,13H,5,12H2,1-4H3. The molecular formula is C20H23FN2O2. The second-order valence-corrected chi connectivity index (χ2v) is 5.95. The third kappa shape index (κ3) is 4.89. The summed E-state index contributed by atoms with van der Waals surface area (Å²) in [6, 6.07) is 10.7. The zero-order chi connectivity index (χ0) is 18.4. The molecule has 0 heterocycles. The fourth-order valence-electron chi connectivity index (χ4n) is 2.14. The molecule has 0 bridgehead atoms. The molecular weight excluding hydrogens is 319 g/mol. The van der Waals surface area contributed by atoms with E-state index in [4.69, 9.17) is 4.74 Å². The molecule has 0 aliphatic carbocycles. The Bertz CT molecular complexity index is 770. The van der Waals surface area contributed by atoms with Gasteiger partial charge in [-0.1, -0.05) is 29.8 Å². The number of hydrogen-bond donors (Lipinski definition) is 0. The van der Waals surface area contributed by atoms with Crippen molar-refractivity contribution in [2.75, 3.05) is 13.6 Å². The van der Waals surface area contributed by atoms with Gasteiger partial charge in [-0.15, -0.1) is 0 Å². The van der Waals surface area contributed by atoms with Crippen molar-refractivity contribution in [3.8, 4) is 0 Å². The van der Waals surface area contributed by atoms with Gasteiger partial charge in [-0.05, 0) is 38.5 Å². The van der Waals surface area contributed by atoms with Crippen LogP contribution in [0.2, 0.25) is 0 Å². The van der Waals surface area contributed by atoms with E-state index in [0.717, 1.165) is 17.7 Å². The van der Waals surface area contributed by atoms with E-state index < -0.39 is 11.8 Å². The number of rotatable bonds is 6. The van der Waals surface area contributed by atoms with Gasteiger partial charge >= 0.3 is 5.97 Å². The predicted octanol–water partition coefficient (Wildman–Crippen LogP) is 4.41. The minimum absolute atomic E-state index is 0.154. The van der Waals surface area contributed by atoms with E-state index in [1.165, 1.54) is 6.07 Å². The van der Waals surface area contributed by atoms with E-state index in [2.05, 4.69) is 4.99 Å². The maximum absolute atomic E-state index is 14.4. The van der Waals surface area contributed by atoms with E-state index in [9.17, 15) is 9.18 Å². The highest BCUT2D eigenvalue weighted by Crippen LogP contribution is 2.24. The third-order valence-corrected chi connectivity index (χ3v) is 3.97. The summed E-state index contributed by atoms with van der Waals surface area (Å²) in [4.78, 5) is 18.2. The highest BCUT2D eigenvalue weighted by Gasteiger charge is 2.16. The van der Waals surface area contributed by atoms with Gasteiger partial charge in [-0.3, -0.25) is 0 Å². The summed E-state index contributed by atoms with van der Waals surface area (Å²) >= 11 is 0. The van der Waals surface area contributed by atoms with Crippen LogP contribution in [0.5, 0.6) is 0 Å². The summed E-state index contributed by atoms with van der Waals surface area (Å²) in [5.41, 5.74) is 2.68. The lowest BCUT2D eigenvalue weighted by atomic mass is 10.1. The number of halogens is 1. The smallest absolute Gasteiger partial charge is 0.338 e. The van der Waals surface area contributed by atoms with E-state index in [-0.39, 0.29) is 23.4 Å². The van der Waals surface area contributed by atoms with Crippen molar-refractivity contribution in [3.63, 3.8) is 0 Å². The number of aryl methyl sites for hydroxylation is 1. The number of carbonyl (C=O) groups excluding carboxylic acids is 1. The van der Waals surface area contributed by atoms with Crippen molar-refractivity contribution in [2.45, 2.75) is 27.4 Å². The van der Waals surface area contributed by atoms with Gasteiger partial charge in [0.25, 0.3) is 0 Å². The number of carbonyl (C=O) groups is 1. The second-order valence-electron chi connectivity index (χ2n) is 5.95. The highest BCUT2D eigenvalue weighted by molar-refractivity contribution is 5.91. The average Bonchev–Trinajstić information content (AvgIpc) is 2.62. The first-order valence-corrected chi connectivity index (χ1v) is 8.18. The van der Waals surface area contributed by atoms with Crippen LogP contribution in [-0.4, -0.2) is 30.8 Å². The van der Waals surface area contributed by atoms with E-state index >= 15 is 0 Å². The monoisotopic (exact) mass is 342 g/mol. The van der Waals surface area contributed by atoms with Crippen LogP contribution in [-0.2, 0) is 11.3 Å². The predicted molar refractivity (Wildman–Crippen MR) is 97.9 cm³/mol. The zero-order valence-electron chi connectivity index (χ0n) is 15.0. The molecule has 0 N–H and O–H groups in total. The van der Waals surface area contributed by atoms with Gasteiger partial charge in [-0.2, -0.15) is 0 Å². The zero-order valence-corrected chi connectivity index (χ0v) is 15.0. The minimum atomic E-state index is -0.543. The van der Waals surface area contributed by atoms with Crippen molar-refractivity contribution in [3.05, 3.63) is 64.5 Å². The number of hydrogen-bond acceptors (Lipinski definition) is 3. The maximum Gasteiger partial charge on any atom is 0.338 e. The summed E-state index contributed by atoms with van der Waals surface area (Å²) in [5, 5.41) is 0. The van der Waals surface area contributed by atoms with E-state index in [1.807, 2.05) is 50.1 Å². The molecule has 2 rings (SSSR count). The van der Waals surface area contributed by atoms with Crippen molar-refractivity contribution >= 4 is 18.0 Å². The Morgan fingerprint density at radius 3 is 2.52 bits per heavy atom. The van der Waals surface area contributed by atoms with Crippen LogP contribution < -0.4 is 0 Å². The van der Waals surface area contributed by atoms with Crippen LogP contribution in [0.15, 0.2) is 41.4 Å². The van der Waals surface area contributed by atoms with Crippen molar-refractivity contribution in [1.82, 2.24) is 4.90 Å². The van der Waals surface area contributed by atoms with Crippen LogP contribution in [0.25, 0.3) is 0 Å². The number of esters is 1. The van der Waals surface area contributed by atoms with Crippen molar-refractivity contribution in [1.29, 1.82) is 0 Å². The van der Waals surface area contributed by atoms with Gasteiger partial charge < -0.3 is 9.64 Å². The van der Waals surface area contributed by atoms with Crippen LogP contribution in [0.3, 0.4) is 0 Å². The Morgan fingerprint density at radius 1 is 1.20 bits per heavy atom. The molecule has 0 aliphatic rings. The third-order valence-electron chi connectivity index (χ3n) is 3.97. The molecule has 0 saturated carbocycles. The van der Waals surface area contributed by atoms with Crippen LogP contribution in [0.4, 0.5) is 10.1 Å². The fourth-order valence-corrected chi connectivity index (χ4v) is 2.14. The molecule has 0 atom stereocenters. The Balaban J connectivity index is 2.10. The SMILES string of the molecule is CCN(C)C=Nc1ccc(C(=O)OCc2ccc(C)cc2)c(C)c1F. The largest absolute Gasteiger partial charge is 0.457 e. The summed E-state index contributed by atoms with van der Waals surface area (Å²) in [6.45, 7) is 6.44. The lowest BCUT2D eigenvalue weighted by molar-refractivity contribution is 0.0471. The number of ether oxygens (including phenoxy) is 1. The van der Waals surface area contributed by atoms with Gasteiger partial charge in [0.05, 0.1) is 11.9 Å². The average molecular weight is 342 g/mol. The first kappa shape index (κ1) is 18.6. The molecule has 0 aliphatic heterocycles. The van der Waals surface area contributed by atoms with Gasteiger partial charge in [0.1, 0.15) is 12.3 Å². The molecule has 0 unspecified atom stereocenters. The first-order chi connectivity index (χ1) is 11.9. The molecule has 0 spiro atoms. The van der Waals surface area contributed by atoms with Gasteiger partial charge in [0.15, 0.2) is 5.82 Å². The molecule has 4 nitrogen and oxygen atoms in total. The van der Waals surface area contributed by atoms with Gasteiger partial charge in [-0.25, -0.2) is 14.2 Å². The number of nitrogens with zero attached hydrogens (tertiary/aromatic N) is 2. The maximum atomic E-state index is 14.4. The molecule has 2 aromatic rings. The molecule has 132 valence electrons. The minimum Gasteiger partial charge on any atom is -0.457 e. The summed E-state index contributed by atoms with van der Waals surface area (Å²) in [7, 11) is 1.85. The Morgan fingerprint density at radius 2 is 1.88 bits per heavy atom. The lowest BCUT2D eigenvalue weighted by Gasteiger charge is -2.11. The topological polar surface area (TPSA) is 41.9 Å². The van der Waals surface area contributed by atoms with Gasteiger partial charge in [0.2, 0.25) is 0 Å². The summed E-state index contributed by atoms with van der Waals surface area (Å²) in [6.07, 6.45) is 1.56. The van der Waals surface area contributed by atoms with Crippen LogP contribution in [0, 0.1) is 19.7 Å². The van der Waals surface area contributed by atoms with E-state index in [0.29, 0.717) is 0 Å². The normalized spacial score (nSPS) is 10.9. The van der Waals surface area contributed by atoms with Gasteiger partial charge in [0, 0.05) is 19.2 Å². The molecule has 0 saturated heterocycles. The van der Waals surface area contributed by atoms with Crippen molar-refractivity contribution < 1.29 is 13.9 Å². The number of aliphatic imine (C=N–C) groups is 1. The van der Waals surface area contributed by atoms with Crippen molar-refractivity contribution in [2.24, 2.45) is 4.99 Å². The molecule has 0 aromatic heterocycles. The molecule has 5 heteroatoms. The summed E-state index contributed by atoms with van der Waals surface area (Å²) in [5.74, 6) is -1.05. The molecule has 0 fully saturated rings. The Labute approximate surface area is 148 Å². The Kier molecular flexibility index (Phi) is 6.28. The van der Waals surface area contributed by atoms with E-state index in [1.54, 1.807) is 19.3 Å². The molecule has 0 amide bonds. The van der Waals surface area contributed by atoms with Crippen LogP contribution in [0.1, 0.15) is 34.0 Å². The fraction of sp³-hybridized carbons (Fsp3) is 0.300. The molecule has 0 radical (unpaired) electrons. The lowest BCUT2D eigenvalue weighted by Crippen LogP contribution is -2.14. The molecule has 2 aromatic carbocycles. The van der Waals surface area contributed by atoms with Crippen LogP contribution >= 0.6 is 0 Å². The highest BCUT2D eigenvalue weighted by atomic mass is 19.1. The number of benzene rings is 2. The summed E-state index contributed by atoms with van der Waals surface area (Å²) < 4.78 is 19.7. The second kappa shape index (κ2) is 8.42. The molecule has 25 heavy (non-hydrogen) atoms.